The highest BCUT2D eigenvalue weighted by Crippen LogP contribution is 2.31. The van der Waals surface area contributed by atoms with Crippen LogP contribution in [0.15, 0.2) is 60.7 Å². The summed E-state index contributed by atoms with van der Waals surface area (Å²) < 4.78 is 17.1. The van der Waals surface area contributed by atoms with E-state index in [1.54, 1.807) is 7.11 Å². The molecule has 0 spiro atoms. The van der Waals surface area contributed by atoms with E-state index in [4.69, 9.17) is 19.9 Å². The quantitative estimate of drug-likeness (QED) is 0.635. The summed E-state index contributed by atoms with van der Waals surface area (Å²) in [4.78, 5) is 0. The van der Waals surface area contributed by atoms with Crippen LogP contribution >= 0.6 is 0 Å². The van der Waals surface area contributed by atoms with Crippen molar-refractivity contribution in [2.45, 2.75) is 6.42 Å². The summed E-state index contributed by atoms with van der Waals surface area (Å²) in [6, 6.07) is 20.1. The van der Waals surface area contributed by atoms with E-state index in [1.165, 1.54) is 5.39 Å². The second kappa shape index (κ2) is 8.40. The van der Waals surface area contributed by atoms with Gasteiger partial charge in [-0.2, -0.15) is 0 Å². The molecule has 0 aliphatic heterocycles. The van der Waals surface area contributed by atoms with Gasteiger partial charge in [0.2, 0.25) is 0 Å². The maximum absolute atomic E-state index is 5.92. The van der Waals surface area contributed by atoms with Crippen LogP contribution in [0.1, 0.15) is 5.56 Å². The van der Waals surface area contributed by atoms with Crippen molar-refractivity contribution in [3.63, 3.8) is 0 Å². The van der Waals surface area contributed by atoms with Crippen molar-refractivity contribution < 1.29 is 14.2 Å². The number of fused-ring (bicyclic) bond motifs is 1. The third kappa shape index (κ3) is 4.22. The molecule has 0 amide bonds. The van der Waals surface area contributed by atoms with E-state index in [2.05, 4.69) is 18.2 Å². The SMILES string of the molecule is COc1cccc(CCN)c1OCCOc1ccc2ccccc2c1. The molecule has 4 nitrogen and oxygen atoms in total. The monoisotopic (exact) mass is 337 g/mol. The third-order valence-corrected chi connectivity index (χ3v) is 4.01. The molecule has 0 aromatic heterocycles. The van der Waals surface area contributed by atoms with Crippen LogP contribution in [0.2, 0.25) is 0 Å². The molecule has 0 bridgehead atoms. The minimum Gasteiger partial charge on any atom is -0.493 e. The standard InChI is InChI=1S/C21H23NO3/c1-23-20-8-4-7-17(11-12-22)21(20)25-14-13-24-19-10-9-16-5-2-3-6-18(16)15-19/h2-10,15H,11-14,22H2,1H3. The number of methoxy groups -OCH3 is 1. The normalized spacial score (nSPS) is 10.6. The lowest BCUT2D eigenvalue weighted by Crippen LogP contribution is -2.12. The second-order valence-electron chi connectivity index (χ2n) is 5.69. The lowest BCUT2D eigenvalue weighted by atomic mass is 10.1. The first-order valence-electron chi connectivity index (χ1n) is 8.42. The van der Waals surface area contributed by atoms with E-state index >= 15 is 0 Å². The average Bonchev–Trinajstić information content (AvgIpc) is 2.66. The predicted octanol–water partition coefficient (Wildman–Crippen LogP) is 3.81. The van der Waals surface area contributed by atoms with Crippen LogP contribution in [0.25, 0.3) is 10.8 Å². The molecule has 0 heterocycles. The highest BCUT2D eigenvalue weighted by atomic mass is 16.5. The molecule has 130 valence electrons. The molecule has 0 unspecified atom stereocenters. The van der Waals surface area contributed by atoms with Crippen LogP contribution in [0, 0.1) is 0 Å². The molecule has 0 saturated heterocycles. The molecule has 25 heavy (non-hydrogen) atoms. The van der Waals surface area contributed by atoms with Gasteiger partial charge in [0.1, 0.15) is 19.0 Å². The fourth-order valence-electron chi connectivity index (χ4n) is 2.80. The Morgan fingerprint density at radius 3 is 2.44 bits per heavy atom. The van der Waals surface area contributed by atoms with Crippen molar-refractivity contribution >= 4 is 10.8 Å². The van der Waals surface area contributed by atoms with Crippen molar-refractivity contribution in [2.75, 3.05) is 26.9 Å². The summed E-state index contributed by atoms with van der Waals surface area (Å²) in [6.45, 7) is 1.46. The van der Waals surface area contributed by atoms with E-state index in [9.17, 15) is 0 Å². The summed E-state index contributed by atoms with van der Waals surface area (Å²) in [6.07, 6.45) is 0.748. The number of benzene rings is 3. The Hall–Kier alpha value is -2.72. The Morgan fingerprint density at radius 1 is 0.840 bits per heavy atom. The van der Waals surface area contributed by atoms with E-state index in [-0.39, 0.29) is 0 Å². The Bertz CT molecular complexity index is 832. The van der Waals surface area contributed by atoms with Crippen LogP contribution < -0.4 is 19.9 Å². The van der Waals surface area contributed by atoms with Crippen molar-refractivity contribution in [3.8, 4) is 17.2 Å². The van der Waals surface area contributed by atoms with Crippen molar-refractivity contribution in [1.82, 2.24) is 0 Å². The minimum absolute atomic E-state index is 0.435. The van der Waals surface area contributed by atoms with E-state index in [0.29, 0.717) is 19.8 Å². The number of hydrogen-bond donors (Lipinski definition) is 1. The molecule has 2 N–H and O–H groups in total. The molecule has 3 aromatic carbocycles. The predicted molar refractivity (Wildman–Crippen MR) is 101 cm³/mol. The highest BCUT2D eigenvalue weighted by Gasteiger charge is 2.10. The average molecular weight is 337 g/mol. The molecule has 0 aliphatic carbocycles. The van der Waals surface area contributed by atoms with Gasteiger partial charge in [-0.15, -0.1) is 0 Å². The third-order valence-electron chi connectivity index (χ3n) is 4.01. The number of ether oxygens (including phenoxy) is 3. The number of nitrogens with two attached hydrogens (primary N) is 1. The first-order chi connectivity index (χ1) is 12.3. The van der Waals surface area contributed by atoms with Gasteiger partial charge in [-0.25, -0.2) is 0 Å². The first-order valence-corrected chi connectivity index (χ1v) is 8.42. The van der Waals surface area contributed by atoms with Gasteiger partial charge in [0, 0.05) is 0 Å². The Morgan fingerprint density at radius 2 is 1.64 bits per heavy atom. The van der Waals surface area contributed by atoms with Gasteiger partial charge >= 0.3 is 0 Å². The van der Waals surface area contributed by atoms with Gasteiger partial charge in [-0.1, -0.05) is 42.5 Å². The Labute approximate surface area is 148 Å². The smallest absolute Gasteiger partial charge is 0.164 e. The Balaban J connectivity index is 1.61. The fourth-order valence-corrected chi connectivity index (χ4v) is 2.80. The topological polar surface area (TPSA) is 53.7 Å². The molecule has 4 heteroatoms. The second-order valence-corrected chi connectivity index (χ2v) is 5.69. The number of rotatable bonds is 8. The van der Waals surface area contributed by atoms with Gasteiger partial charge in [-0.3, -0.25) is 0 Å². The molecule has 0 atom stereocenters. The zero-order chi connectivity index (χ0) is 17.5. The molecule has 0 aliphatic rings. The van der Waals surface area contributed by atoms with Gasteiger partial charge < -0.3 is 19.9 Å². The molecule has 0 saturated carbocycles. The maximum atomic E-state index is 5.92. The number of hydrogen-bond acceptors (Lipinski definition) is 4. The highest BCUT2D eigenvalue weighted by molar-refractivity contribution is 5.83. The minimum atomic E-state index is 0.435. The van der Waals surface area contributed by atoms with Crippen LogP contribution in [0.5, 0.6) is 17.2 Å². The zero-order valence-electron chi connectivity index (χ0n) is 14.4. The summed E-state index contributed by atoms with van der Waals surface area (Å²) in [5, 5.41) is 2.36. The van der Waals surface area contributed by atoms with E-state index in [1.807, 2.05) is 42.5 Å². The van der Waals surface area contributed by atoms with Crippen molar-refractivity contribution in [1.29, 1.82) is 0 Å². The Kier molecular flexibility index (Phi) is 5.75. The van der Waals surface area contributed by atoms with Gasteiger partial charge in [0.05, 0.1) is 7.11 Å². The van der Waals surface area contributed by atoms with Gasteiger partial charge in [0.15, 0.2) is 11.5 Å². The first kappa shape index (κ1) is 17.1. The van der Waals surface area contributed by atoms with Crippen LogP contribution in [-0.4, -0.2) is 26.9 Å². The lowest BCUT2D eigenvalue weighted by Gasteiger charge is -2.15. The summed E-state index contributed by atoms with van der Waals surface area (Å²) in [5.74, 6) is 2.30. The summed E-state index contributed by atoms with van der Waals surface area (Å²) in [7, 11) is 1.64. The fraction of sp³-hybridized carbons (Fsp3) is 0.238. The molecule has 0 radical (unpaired) electrons. The van der Waals surface area contributed by atoms with Crippen molar-refractivity contribution in [2.24, 2.45) is 5.73 Å². The lowest BCUT2D eigenvalue weighted by molar-refractivity contribution is 0.210. The van der Waals surface area contributed by atoms with Crippen LogP contribution in [-0.2, 0) is 6.42 Å². The summed E-state index contributed by atoms with van der Waals surface area (Å²) >= 11 is 0. The molecule has 0 fully saturated rings. The van der Waals surface area contributed by atoms with Crippen LogP contribution in [0.4, 0.5) is 0 Å². The molecule has 3 aromatic rings. The van der Waals surface area contributed by atoms with Gasteiger partial charge in [0.25, 0.3) is 0 Å². The van der Waals surface area contributed by atoms with Gasteiger partial charge in [-0.05, 0) is 47.5 Å². The molecule has 3 rings (SSSR count). The van der Waals surface area contributed by atoms with Crippen LogP contribution in [0.3, 0.4) is 0 Å². The summed E-state index contributed by atoms with van der Waals surface area (Å²) in [5.41, 5.74) is 6.72. The van der Waals surface area contributed by atoms with E-state index in [0.717, 1.165) is 34.6 Å². The molecular formula is C21H23NO3. The number of para-hydroxylation sites is 1. The largest absolute Gasteiger partial charge is 0.493 e. The zero-order valence-corrected chi connectivity index (χ0v) is 14.4. The maximum Gasteiger partial charge on any atom is 0.164 e. The van der Waals surface area contributed by atoms with Crippen molar-refractivity contribution in [3.05, 3.63) is 66.2 Å². The molecular weight excluding hydrogens is 314 g/mol. The van der Waals surface area contributed by atoms with E-state index < -0.39 is 0 Å².